The first-order valence-electron chi connectivity index (χ1n) is 23.9. The van der Waals surface area contributed by atoms with Crippen LogP contribution in [0.25, 0.3) is 98.4 Å². The van der Waals surface area contributed by atoms with Crippen molar-refractivity contribution in [3.8, 4) is 22.3 Å². The maximum absolute atomic E-state index is 3.81. The molecule has 70 heavy (non-hydrogen) atoms. The molecule has 0 saturated carbocycles. The second-order valence-electron chi connectivity index (χ2n) is 18.3. The van der Waals surface area contributed by atoms with Gasteiger partial charge in [0, 0.05) is 60.5 Å². The minimum Gasteiger partial charge on any atom is -0.310 e. The molecule has 15 rings (SSSR count). The van der Waals surface area contributed by atoms with Gasteiger partial charge in [0.1, 0.15) is 5.69 Å². The molecule has 0 unspecified atom stereocenters. The third kappa shape index (κ3) is 5.55. The summed E-state index contributed by atoms with van der Waals surface area (Å²) in [5, 5.41) is 9.48. The van der Waals surface area contributed by atoms with Crippen LogP contribution in [0.15, 0.2) is 243 Å². The van der Waals surface area contributed by atoms with Gasteiger partial charge in [0.25, 0.3) is 0 Å². The number of anilines is 6. The highest BCUT2D eigenvalue weighted by atomic mass is 15.2. The highest BCUT2D eigenvalue weighted by Gasteiger charge is 2.28. The smallest absolute Gasteiger partial charge is 0.108 e. The van der Waals surface area contributed by atoms with Crippen molar-refractivity contribution < 1.29 is 0 Å². The molecule has 4 heteroatoms. The third-order valence-corrected chi connectivity index (χ3v) is 14.5. The fourth-order valence-electron chi connectivity index (χ4n) is 11.6. The fourth-order valence-corrected chi connectivity index (χ4v) is 11.6. The van der Waals surface area contributed by atoms with Gasteiger partial charge in [-0.25, -0.2) is 0 Å². The summed E-state index contributed by atoms with van der Waals surface area (Å²) >= 11 is 0. The van der Waals surface area contributed by atoms with Crippen LogP contribution in [0.5, 0.6) is 0 Å². The molecule has 0 aliphatic heterocycles. The van der Waals surface area contributed by atoms with E-state index in [4.69, 9.17) is 0 Å². The van der Waals surface area contributed by atoms with Gasteiger partial charge in [-0.05, 0) is 107 Å². The highest BCUT2D eigenvalue weighted by molar-refractivity contribution is 6.32. The fraction of sp³-hybridized carbons (Fsp3) is 0. The Morgan fingerprint density at radius 3 is 1.39 bits per heavy atom. The molecule has 0 atom stereocenters. The van der Waals surface area contributed by atoms with Crippen LogP contribution < -0.4 is 9.80 Å². The normalized spacial score (nSPS) is 11.9. The monoisotopic (exact) mass is 888 g/mol. The molecule has 11 aromatic carbocycles. The number of nitrogens with zero attached hydrogens (tertiary/aromatic N) is 4. The van der Waals surface area contributed by atoms with E-state index in [1.807, 2.05) is 0 Å². The van der Waals surface area contributed by atoms with E-state index < -0.39 is 0 Å². The van der Waals surface area contributed by atoms with Crippen molar-refractivity contribution in [2.45, 2.75) is 0 Å². The zero-order chi connectivity index (χ0) is 45.9. The van der Waals surface area contributed by atoms with Crippen molar-refractivity contribution in [3.63, 3.8) is 0 Å². The molecule has 0 spiro atoms. The zero-order valence-electron chi connectivity index (χ0n) is 37.9. The van der Waals surface area contributed by atoms with Crippen LogP contribution in [0.2, 0.25) is 0 Å². The molecule has 324 valence electrons. The van der Waals surface area contributed by atoms with E-state index in [2.05, 4.69) is 273 Å². The third-order valence-electron chi connectivity index (χ3n) is 14.5. The van der Waals surface area contributed by atoms with Crippen molar-refractivity contribution in [2.75, 3.05) is 9.80 Å². The lowest BCUT2D eigenvalue weighted by molar-refractivity contribution is 1.30. The zero-order valence-corrected chi connectivity index (χ0v) is 37.9. The largest absolute Gasteiger partial charge is 0.310 e. The topological polar surface area (TPSA) is 15.3 Å². The standard InChI is InChI=1S/C66H40N4/c1-5-19-43(20-6-1)45-23-17-29-49(39-45)67(47-25-9-3-10-26-47)59-37-35-51-55-41-62-56(42-61(55)69-57-33-15-13-31-53(57)63(59)65(51)69)52-36-38-60(64-54-32-14-16-34-58(54)70(62)66(52)64)68(48-27-11-4-12-28-48)50-30-18-24-46(40-50)44-21-7-2-8-22-44/h1-35,37,39-42H. The van der Waals surface area contributed by atoms with Crippen LogP contribution >= 0.6 is 0 Å². The van der Waals surface area contributed by atoms with Gasteiger partial charge in [-0.2, -0.15) is 0 Å². The van der Waals surface area contributed by atoms with Gasteiger partial charge < -0.3 is 18.6 Å². The molecule has 4 nitrogen and oxygen atoms in total. The number of aromatic nitrogens is 2. The van der Waals surface area contributed by atoms with Crippen molar-refractivity contribution >= 4 is 110 Å². The maximum Gasteiger partial charge on any atom is 0.108 e. The number of benzene rings is 10. The Balaban J connectivity index is 0.990. The number of para-hydroxylation sites is 4. The number of hydrogen-bond donors (Lipinski definition) is 0. The average Bonchev–Trinajstić information content (AvgIpc) is 4.16. The average molecular weight is 889 g/mol. The first kappa shape index (κ1) is 38.5. The van der Waals surface area contributed by atoms with Gasteiger partial charge >= 0.3 is 0 Å². The lowest BCUT2D eigenvalue weighted by Gasteiger charge is -2.27. The summed E-state index contributed by atoms with van der Waals surface area (Å²) in [6.45, 7) is 0. The number of hydrogen-bond acceptors (Lipinski definition) is 2. The molecule has 0 bridgehead atoms. The lowest BCUT2D eigenvalue weighted by atomic mass is 10.0. The van der Waals surface area contributed by atoms with Gasteiger partial charge in [0.2, 0.25) is 0 Å². The molecule has 4 heterocycles. The molecule has 4 aromatic heterocycles. The quantitative estimate of drug-likeness (QED) is 0.151. The molecule has 0 radical (unpaired) electrons. The van der Waals surface area contributed by atoms with Gasteiger partial charge in [-0.15, -0.1) is 0 Å². The minimum atomic E-state index is 0.971. The van der Waals surface area contributed by atoms with Crippen molar-refractivity contribution in [2.24, 2.45) is 0 Å². The van der Waals surface area contributed by atoms with E-state index in [1.165, 1.54) is 60.2 Å². The summed E-state index contributed by atoms with van der Waals surface area (Å²) in [5.74, 6) is 0. The maximum atomic E-state index is 3.81. The summed E-state index contributed by atoms with van der Waals surface area (Å²) < 4.78 is 5.00. The first-order chi connectivity index (χ1) is 34.8. The van der Waals surface area contributed by atoms with E-state index in [0.29, 0.717) is 0 Å². The van der Waals surface area contributed by atoms with Crippen molar-refractivity contribution in [1.82, 2.24) is 8.80 Å². The number of rotatable bonds is 8. The second kappa shape index (κ2) is 15.0. The van der Waals surface area contributed by atoms with E-state index in [-0.39, 0.29) is 0 Å². The van der Waals surface area contributed by atoms with Crippen molar-refractivity contribution in [1.29, 1.82) is 0 Å². The van der Waals surface area contributed by atoms with Gasteiger partial charge in [-0.1, -0.05) is 170 Å². The predicted molar refractivity (Wildman–Crippen MR) is 294 cm³/mol. The SMILES string of the molecule is c1c(N(c2ccccc2)c2cccc(-c3ccccc3)c2)c2c3ccccc3n3c4cc5c6ccc(N(c7ccccc7)c7cccc(-c8ccccc8)c7)c7c8ccccc8n(c5cc4c(c#1)c23)c67. The lowest BCUT2D eigenvalue weighted by Crippen LogP contribution is -2.10. The van der Waals surface area contributed by atoms with E-state index in [1.54, 1.807) is 0 Å². The summed E-state index contributed by atoms with van der Waals surface area (Å²) in [6.07, 6.45) is 0. The summed E-state index contributed by atoms with van der Waals surface area (Å²) in [4.78, 5) is 4.79. The molecule has 0 fully saturated rings. The molecule has 0 amide bonds. The minimum absolute atomic E-state index is 0.971. The summed E-state index contributed by atoms with van der Waals surface area (Å²) in [5.41, 5.74) is 18.2. The summed E-state index contributed by atoms with van der Waals surface area (Å²) in [6, 6.07) is 95.5. The second-order valence-corrected chi connectivity index (χ2v) is 18.3. The van der Waals surface area contributed by atoms with Crippen LogP contribution in [-0.2, 0) is 0 Å². The Bertz CT molecular complexity index is 4170. The van der Waals surface area contributed by atoms with E-state index in [9.17, 15) is 0 Å². The molecular formula is C66H40N4. The van der Waals surface area contributed by atoms with Gasteiger partial charge in [0.15, 0.2) is 0 Å². The number of fused-ring (bicyclic) bond motifs is 12. The van der Waals surface area contributed by atoms with Crippen LogP contribution in [0.3, 0.4) is 0 Å². The van der Waals surface area contributed by atoms with Crippen molar-refractivity contribution in [3.05, 3.63) is 255 Å². The van der Waals surface area contributed by atoms with Gasteiger partial charge in [-0.3, -0.25) is 0 Å². The highest BCUT2D eigenvalue weighted by Crippen LogP contribution is 2.51. The Kier molecular flexibility index (Phi) is 8.24. The molecule has 15 aromatic rings. The van der Waals surface area contributed by atoms with E-state index in [0.717, 1.165) is 72.4 Å². The predicted octanol–water partition coefficient (Wildman–Crippen LogP) is 17.9. The molecule has 0 N–H and O–H groups in total. The Hall–Kier alpha value is -9.56. The van der Waals surface area contributed by atoms with Crippen LogP contribution in [0.4, 0.5) is 34.1 Å². The molecule has 0 aliphatic rings. The first-order valence-corrected chi connectivity index (χ1v) is 23.9. The van der Waals surface area contributed by atoms with Crippen LogP contribution in [0.1, 0.15) is 0 Å². The van der Waals surface area contributed by atoms with E-state index >= 15 is 0 Å². The van der Waals surface area contributed by atoms with Crippen LogP contribution in [0, 0.1) is 12.1 Å². The van der Waals surface area contributed by atoms with Gasteiger partial charge in [0.05, 0.1) is 44.2 Å². The molecule has 0 aliphatic carbocycles. The Labute approximate surface area is 404 Å². The summed E-state index contributed by atoms with van der Waals surface area (Å²) in [7, 11) is 0. The molecule has 0 saturated heterocycles. The van der Waals surface area contributed by atoms with Crippen LogP contribution in [-0.4, -0.2) is 8.80 Å². The Morgan fingerprint density at radius 1 is 0.286 bits per heavy atom. The Morgan fingerprint density at radius 2 is 0.757 bits per heavy atom. The molecular weight excluding hydrogens is 849 g/mol.